The lowest BCUT2D eigenvalue weighted by atomic mass is 10.2. The first kappa shape index (κ1) is 19.8. The van der Waals surface area contributed by atoms with E-state index >= 15 is 0 Å². The number of anilines is 5. The molecule has 0 saturated heterocycles. The molecule has 0 atom stereocenters. The third kappa shape index (κ3) is 4.67. The molecule has 3 rings (SSSR count). The molecule has 0 spiro atoms. The zero-order valence-corrected chi connectivity index (χ0v) is 16.6. The van der Waals surface area contributed by atoms with Gasteiger partial charge in [-0.3, -0.25) is 4.79 Å². The third-order valence-electron chi connectivity index (χ3n) is 3.96. The highest BCUT2D eigenvalue weighted by atomic mass is 16.5. The van der Waals surface area contributed by atoms with E-state index in [0.717, 1.165) is 0 Å². The fraction of sp³-hybridized carbons (Fsp3) is 0.211. The molecule has 0 aliphatic carbocycles. The van der Waals surface area contributed by atoms with Gasteiger partial charge in [-0.15, -0.1) is 0 Å². The molecule has 29 heavy (non-hydrogen) atoms. The van der Waals surface area contributed by atoms with Crippen molar-refractivity contribution in [1.29, 1.82) is 0 Å². The molecule has 0 saturated carbocycles. The summed E-state index contributed by atoms with van der Waals surface area (Å²) in [5.74, 6) is 2.51. The van der Waals surface area contributed by atoms with E-state index < -0.39 is 0 Å². The van der Waals surface area contributed by atoms with Crippen LogP contribution in [0.3, 0.4) is 0 Å². The van der Waals surface area contributed by atoms with Crippen molar-refractivity contribution in [3.8, 4) is 5.88 Å². The van der Waals surface area contributed by atoms with Crippen molar-refractivity contribution in [3.63, 3.8) is 0 Å². The normalized spacial score (nSPS) is 10.2. The minimum absolute atomic E-state index is 0.273. The Kier molecular flexibility index (Phi) is 6.03. The molecule has 1 amide bonds. The predicted molar refractivity (Wildman–Crippen MR) is 111 cm³/mol. The standard InChI is InChI=1S/C19H22N8O2/c1-11-24-15(20-2)9-17(25-11)27-16-8-14(12(10-23-16)18(28)21-3)26-13-6-5-7-22-19(13)29-4/h5-10H,1-4H3,(H,21,28)(H3,20,23,24,25,26,27). The second-order valence-corrected chi connectivity index (χ2v) is 5.94. The monoisotopic (exact) mass is 394 g/mol. The van der Waals surface area contributed by atoms with Crippen molar-refractivity contribution in [2.45, 2.75) is 6.92 Å². The van der Waals surface area contributed by atoms with Crippen LogP contribution < -0.4 is 26.0 Å². The maximum absolute atomic E-state index is 12.3. The Morgan fingerprint density at radius 2 is 1.79 bits per heavy atom. The number of ether oxygens (including phenoxy) is 1. The molecule has 0 aliphatic heterocycles. The summed E-state index contributed by atoms with van der Waals surface area (Å²) in [4.78, 5) is 29.4. The maximum atomic E-state index is 12.3. The van der Waals surface area contributed by atoms with E-state index in [0.29, 0.717) is 46.1 Å². The largest absolute Gasteiger partial charge is 0.480 e. The Hall–Kier alpha value is -3.95. The molecule has 0 aliphatic rings. The predicted octanol–water partition coefficient (Wildman–Crippen LogP) is 2.47. The van der Waals surface area contributed by atoms with E-state index in [9.17, 15) is 4.79 Å². The smallest absolute Gasteiger partial charge is 0.254 e. The summed E-state index contributed by atoms with van der Waals surface area (Å²) in [6.45, 7) is 1.80. The first-order chi connectivity index (χ1) is 14.0. The Bertz CT molecular complexity index is 1020. The minimum atomic E-state index is -0.273. The summed E-state index contributed by atoms with van der Waals surface area (Å²) in [6, 6.07) is 7.06. The van der Waals surface area contributed by atoms with Crippen LogP contribution in [0.1, 0.15) is 16.2 Å². The maximum Gasteiger partial charge on any atom is 0.254 e. The van der Waals surface area contributed by atoms with Crippen molar-refractivity contribution < 1.29 is 9.53 Å². The lowest BCUT2D eigenvalue weighted by Gasteiger charge is -2.15. The van der Waals surface area contributed by atoms with Crippen LogP contribution >= 0.6 is 0 Å². The Labute approximate surface area is 168 Å². The molecule has 3 aromatic rings. The molecule has 4 N–H and O–H groups in total. The van der Waals surface area contributed by atoms with Crippen LogP contribution in [0.25, 0.3) is 0 Å². The van der Waals surface area contributed by atoms with Crippen molar-refractivity contribution in [2.24, 2.45) is 0 Å². The van der Waals surface area contributed by atoms with Crippen LogP contribution in [0.2, 0.25) is 0 Å². The van der Waals surface area contributed by atoms with Gasteiger partial charge in [-0.25, -0.2) is 19.9 Å². The first-order valence-corrected chi connectivity index (χ1v) is 8.82. The van der Waals surface area contributed by atoms with Gasteiger partial charge in [0.15, 0.2) is 0 Å². The molecule has 0 unspecified atom stereocenters. The molecule has 0 bridgehead atoms. The number of hydrogen-bond donors (Lipinski definition) is 4. The number of nitrogens with one attached hydrogen (secondary N) is 4. The van der Waals surface area contributed by atoms with Crippen LogP contribution in [-0.4, -0.2) is 47.0 Å². The number of carbonyl (C=O) groups is 1. The highest BCUT2D eigenvalue weighted by Crippen LogP contribution is 2.29. The van der Waals surface area contributed by atoms with Crippen LogP contribution in [0.5, 0.6) is 5.88 Å². The number of methoxy groups -OCH3 is 1. The number of aromatic nitrogens is 4. The fourth-order valence-corrected chi connectivity index (χ4v) is 2.63. The molecular weight excluding hydrogens is 372 g/mol. The number of nitrogens with zero attached hydrogens (tertiary/aromatic N) is 4. The molecule has 10 heteroatoms. The highest BCUT2D eigenvalue weighted by molar-refractivity contribution is 6.00. The van der Waals surface area contributed by atoms with Crippen LogP contribution in [-0.2, 0) is 0 Å². The number of hydrogen-bond acceptors (Lipinski definition) is 9. The molecule has 0 fully saturated rings. The van der Waals surface area contributed by atoms with Gasteiger partial charge in [-0.1, -0.05) is 0 Å². The summed E-state index contributed by atoms with van der Waals surface area (Å²) >= 11 is 0. The van der Waals surface area contributed by atoms with Gasteiger partial charge in [0.05, 0.1) is 18.4 Å². The zero-order chi connectivity index (χ0) is 20.8. The van der Waals surface area contributed by atoms with Gasteiger partial charge < -0.3 is 26.0 Å². The molecule has 0 aromatic carbocycles. The molecule has 3 heterocycles. The number of aryl methyl sites for hydroxylation is 1. The van der Waals surface area contributed by atoms with Crippen molar-refractivity contribution in [3.05, 3.63) is 48.0 Å². The van der Waals surface area contributed by atoms with Gasteiger partial charge in [0.2, 0.25) is 5.88 Å². The molecule has 3 aromatic heterocycles. The van der Waals surface area contributed by atoms with Crippen LogP contribution in [0.4, 0.5) is 28.8 Å². The minimum Gasteiger partial charge on any atom is -0.480 e. The van der Waals surface area contributed by atoms with E-state index in [1.54, 1.807) is 51.5 Å². The summed E-state index contributed by atoms with van der Waals surface area (Å²) in [5, 5.41) is 11.9. The number of carbonyl (C=O) groups excluding carboxylic acids is 1. The second kappa shape index (κ2) is 8.83. The molecular formula is C19H22N8O2. The summed E-state index contributed by atoms with van der Waals surface area (Å²) < 4.78 is 5.28. The van der Waals surface area contributed by atoms with Gasteiger partial charge in [0.25, 0.3) is 5.91 Å². The number of amides is 1. The van der Waals surface area contributed by atoms with Gasteiger partial charge in [-0.2, -0.15) is 0 Å². The highest BCUT2D eigenvalue weighted by Gasteiger charge is 2.15. The Balaban J connectivity index is 1.97. The lowest BCUT2D eigenvalue weighted by molar-refractivity contribution is 0.0963. The van der Waals surface area contributed by atoms with E-state index in [2.05, 4.69) is 41.2 Å². The number of pyridine rings is 2. The van der Waals surface area contributed by atoms with E-state index in [4.69, 9.17) is 4.74 Å². The Morgan fingerprint density at radius 3 is 2.52 bits per heavy atom. The SMILES string of the molecule is CNC(=O)c1cnc(Nc2cc(NC)nc(C)n2)cc1Nc1cccnc1OC. The number of rotatable bonds is 7. The second-order valence-electron chi connectivity index (χ2n) is 5.94. The zero-order valence-electron chi connectivity index (χ0n) is 16.6. The Morgan fingerprint density at radius 1 is 1.00 bits per heavy atom. The van der Waals surface area contributed by atoms with Crippen molar-refractivity contribution in [1.82, 2.24) is 25.3 Å². The fourth-order valence-electron chi connectivity index (χ4n) is 2.63. The first-order valence-electron chi connectivity index (χ1n) is 8.82. The molecule has 10 nitrogen and oxygen atoms in total. The third-order valence-corrected chi connectivity index (χ3v) is 3.96. The average Bonchev–Trinajstić information content (AvgIpc) is 2.73. The van der Waals surface area contributed by atoms with E-state index in [1.807, 2.05) is 0 Å². The summed E-state index contributed by atoms with van der Waals surface area (Å²) in [7, 11) is 4.88. The topological polar surface area (TPSA) is 126 Å². The van der Waals surface area contributed by atoms with Crippen molar-refractivity contribution in [2.75, 3.05) is 37.2 Å². The van der Waals surface area contributed by atoms with E-state index in [1.165, 1.54) is 13.3 Å². The van der Waals surface area contributed by atoms with Gasteiger partial charge in [0, 0.05) is 38.6 Å². The van der Waals surface area contributed by atoms with Gasteiger partial charge in [-0.05, 0) is 19.1 Å². The lowest BCUT2D eigenvalue weighted by Crippen LogP contribution is -2.19. The molecule has 150 valence electrons. The van der Waals surface area contributed by atoms with Gasteiger partial charge in [0.1, 0.15) is 29.0 Å². The quantitative estimate of drug-likeness (QED) is 0.478. The summed E-state index contributed by atoms with van der Waals surface area (Å²) in [5.41, 5.74) is 1.53. The van der Waals surface area contributed by atoms with Crippen molar-refractivity contribution >= 4 is 34.7 Å². The van der Waals surface area contributed by atoms with E-state index in [-0.39, 0.29) is 5.91 Å². The molecule has 0 radical (unpaired) electrons. The van der Waals surface area contributed by atoms with Gasteiger partial charge >= 0.3 is 0 Å². The van der Waals surface area contributed by atoms with Crippen LogP contribution in [0.15, 0.2) is 36.7 Å². The summed E-state index contributed by atoms with van der Waals surface area (Å²) in [6.07, 6.45) is 3.11. The van der Waals surface area contributed by atoms with Crippen LogP contribution in [0, 0.1) is 6.92 Å². The average molecular weight is 394 g/mol.